The fourth-order valence-corrected chi connectivity index (χ4v) is 7.41. The zero-order chi connectivity index (χ0) is 33.5. The number of aliphatic carboxylic acids is 1. The van der Waals surface area contributed by atoms with Gasteiger partial charge in [0.1, 0.15) is 17.1 Å². The molecule has 3 aromatic carbocycles. The van der Waals surface area contributed by atoms with Crippen LogP contribution >= 0.6 is 23.2 Å². The third-order valence-corrected chi connectivity index (χ3v) is 9.67. The van der Waals surface area contributed by atoms with E-state index in [1.807, 2.05) is 38.1 Å². The van der Waals surface area contributed by atoms with Crippen molar-refractivity contribution in [2.45, 2.75) is 50.4 Å². The van der Waals surface area contributed by atoms with E-state index >= 15 is 4.39 Å². The number of amides is 1. The molecule has 1 aliphatic carbocycles. The first-order valence-electron chi connectivity index (χ1n) is 15.2. The molecular weight excluding hydrogens is 642 g/mol. The lowest BCUT2D eigenvalue weighted by molar-refractivity contribution is -0.132. The van der Waals surface area contributed by atoms with Gasteiger partial charge in [-0.2, -0.15) is 0 Å². The first kappa shape index (κ1) is 32.5. The Kier molecular flexibility index (Phi) is 8.98. The molecule has 0 aromatic heterocycles. The molecule has 2 aliphatic heterocycles. The Morgan fingerprint density at radius 2 is 1.89 bits per heavy atom. The molecule has 4 N–H and O–H groups in total. The van der Waals surface area contributed by atoms with Crippen molar-refractivity contribution >= 4 is 46.5 Å². The minimum atomic E-state index is -1.32. The number of rotatable bonds is 8. The van der Waals surface area contributed by atoms with Crippen LogP contribution in [0.15, 0.2) is 102 Å². The molecule has 2 fully saturated rings. The molecule has 4 atom stereocenters. The minimum Gasteiger partial charge on any atom is -0.494 e. The van der Waals surface area contributed by atoms with E-state index in [4.69, 9.17) is 33.3 Å². The van der Waals surface area contributed by atoms with Crippen molar-refractivity contribution in [2.24, 2.45) is 0 Å². The van der Waals surface area contributed by atoms with Gasteiger partial charge in [-0.25, -0.2) is 9.18 Å². The lowest BCUT2D eigenvalue weighted by Gasteiger charge is -2.40. The number of carbonyl (C=O) groups excluding carboxylic acids is 1. The Balaban J connectivity index is 1.49. The van der Waals surface area contributed by atoms with Crippen LogP contribution in [0.4, 0.5) is 10.1 Å². The molecule has 0 radical (unpaired) electrons. The topological polar surface area (TPSA) is 115 Å². The summed E-state index contributed by atoms with van der Waals surface area (Å²) in [6.45, 7) is 4.54. The summed E-state index contributed by atoms with van der Waals surface area (Å²) >= 11 is 12.6. The van der Waals surface area contributed by atoms with Gasteiger partial charge < -0.3 is 25.9 Å². The smallest absolute Gasteiger partial charge is 0.335 e. The van der Waals surface area contributed by atoms with Gasteiger partial charge in [-0.1, -0.05) is 59.6 Å². The van der Waals surface area contributed by atoms with E-state index < -0.39 is 29.3 Å². The lowest BCUT2D eigenvalue weighted by atomic mass is 9.77. The summed E-state index contributed by atoms with van der Waals surface area (Å²) in [4.78, 5) is 28.3. The second-order valence-corrected chi connectivity index (χ2v) is 12.8. The zero-order valence-electron chi connectivity index (χ0n) is 25.7. The van der Waals surface area contributed by atoms with E-state index in [2.05, 4.69) is 15.5 Å². The van der Waals surface area contributed by atoms with Crippen LogP contribution in [0, 0.1) is 11.2 Å². The van der Waals surface area contributed by atoms with Gasteiger partial charge in [0.05, 0.1) is 29.0 Å². The Bertz CT molecular complexity index is 1870. The molecule has 3 aromatic rings. The highest BCUT2D eigenvalue weighted by molar-refractivity contribution is 6.31. The van der Waals surface area contributed by atoms with Gasteiger partial charge >= 0.3 is 5.97 Å². The summed E-state index contributed by atoms with van der Waals surface area (Å²) in [6.07, 6.45) is 4.79. The van der Waals surface area contributed by atoms with Crippen LogP contribution in [0.5, 0.6) is 5.75 Å². The molecule has 3 aliphatic rings. The predicted octanol–water partition coefficient (Wildman–Crippen LogP) is 7.11. The summed E-state index contributed by atoms with van der Waals surface area (Å²) in [5.74, 6) is -2.13. The number of allylic oxidation sites excluding steroid dienone is 3. The number of benzene rings is 3. The maximum Gasteiger partial charge on any atom is 0.335 e. The minimum absolute atomic E-state index is 0.0116. The van der Waals surface area contributed by atoms with Gasteiger partial charge in [-0.05, 0) is 73.5 Å². The van der Waals surface area contributed by atoms with Crippen molar-refractivity contribution < 1.29 is 23.8 Å². The van der Waals surface area contributed by atoms with Gasteiger partial charge in [0.2, 0.25) is 5.91 Å². The van der Waals surface area contributed by atoms with E-state index in [0.717, 1.165) is 5.56 Å². The third-order valence-electron chi connectivity index (χ3n) is 9.14. The van der Waals surface area contributed by atoms with E-state index in [9.17, 15) is 14.7 Å². The Morgan fingerprint density at radius 3 is 2.62 bits per heavy atom. The average molecular weight is 676 g/mol. The summed E-state index contributed by atoms with van der Waals surface area (Å²) in [5, 5.41) is 25.1. The molecule has 47 heavy (non-hydrogen) atoms. The molecule has 0 spiro atoms. The number of ether oxygens (including phenoxy) is 1. The number of hydrogen-bond acceptors (Lipinski definition) is 6. The monoisotopic (exact) mass is 674 g/mol. The Morgan fingerprint density at radius 1 is 1.13 bits per heavy atom. The van der Waals surface area contributed by atoms with E-state index in [-0.39, 0.29) is 33.8 Å². The largest absolute Gasteiger partial charge is 0.494 e. The summed E-state index contributed by atoms with van der Waals surface area (Å²) in [5.41, 5.74) is 1.67. The van der Waals surface area contributed by atoms with Gasteiger partial charge in [-0.15, -0.1) is 0 Å². The molecule has 0 saturated carbocycles. The fraction of sp³-hybridized carbons (Fsp3) is 0.250. The van der Waals surface area contributed by atoms with E-state index in [0.29, 0.717) is 47.3 Å². The number of nitrogens with one attached hydrogen (secondary N) is 3. The predicted molar refractivity (Wildman–Crippen MR) is 181 cm³/mol. The number of carbonyl (C=O) groups is 2. The molecule has 11 heteroatoms. The number of nitrogens with zero attached hydrogens (tertiary/aromatic N) is 1. The number of likely N-dealkylation sites (tertiary alicyclic amines) is 1. The lowest BCUT2D eigenvalue weighted by Crippen LogP contribution is -2.55. The molecule has 1 unspecified atom stereocenters. The van der Waals surface area contributed by atoms with E-state index in [1.165, 1.54) is 18.2 Å². The number of carboxylic acid groups (broad SMARTS) is 1. The Hall–Kier alpha value is -4.44. The number of carboxylic acids is 1. The van der Waals surface area contributed by atoms with Crippen LogP contribution in [0.3, 0.4) is 0 Å². The van der Waals surface area contributed by atoms with Crippen molar-refractivity contribution in [3.8, 4) is 5.75 Å². The second-order valence-electron chi connectivity index (χ2n) is 11.9. The first-order valence-corrected chi connectivity index (χ1v) is 16.0. The first-order chi connectivity index (χ1) is 22.5. The standard InChI is InChI=1S/C36H33Cl2FN4O4/c1-3-47-24-10-4-7-20(15-24)19-43-30-18-29(25-14-13-21(34(44)45)16-28(25)40)42-33(30)31(26-11-6-12-27(38)32(26)39)36(43,2)35(46)41-23-9-5-8-22(37)17-23/h4-17,30-31,33,40,42H,3,18-19H2,1-2H3,(H,41,46)(H,44,45)/b29-25-,40-28?/t30?,31-,33+,36+/m0/s1. The van der Waals surface area contributed by atoms with Crippen molar-refractivity contribution in [3.63, 3.8) is 0 Å². The highest BCUT2D eigenvalue weighted by atomic mass is 35.5. The van der Waals surface area contributed by atoms with Crippen LogP contribution < -0.4 is 15.4 Å². The average Bonchev–Trinajstić information content (AvgIpc) is 3.54. The quantitative estimate of drug-likeness (QED) is 0.202. The zero-order valence-corrected chi connectivity index (χ0v) is 27.2. The van der Waals surface area contributed by atoms with E-state index in [1.54, 1.807) is 42.5 Å². The number of hydrogen-bond donors (Lipinski definition) is 4. The van der Waals surface area contributed by atoms with Gasteiger partial charge in [0, 0.05) is 46.9 Å². The molecule has 1 amide bonds. The number of fused-ring (bicyclic) bond motifs is 1. The molecule has 6 rings (SSSR count). The van der Waals surface area contributed by atoms with Crippen molar-refractivity contribution in [2.75, 3.05) is 11.9 Å². The fourth-order valence-electron chi connectivity index (χ4n) is 7.03. The van der Waals surface area contributed by atoms with Crippen LogP contribution in [0.1, 0.15) is 37.3 Å². The van der Waals surface area contributed by atoms with Gasteiger partial charge in [-0.3, -0.25) is 9.69 Å². The molecule has 2 heterocycles. The summed E-state index contributed by atoms with van der Waals surface area (Å²) in [7, 11) is 0. The third kappa shape index (κ3) is 6.06. The normalized spacial score (nSPS) is 25.3. The molecule has 8 nitrogen and oxygen atoms in total. The van der Waals surface area contributed by atoms with Crippen LogP contribution in [0.2, 0.25) is 10.0 Å². The van der Waals surface area contributed by atoms with Crippen LogP contribution in [-0.2, 0) is 16.1 Å². The van der Waals surface area contributed by atoms with Crippen molar-refractivity contribution in [1.29, 1.82) is 5.41 Å². The van der Waals surface area contributed by atoms with Gasteiger partial charge in [0.25, 0.3) is 0 Å². The highest BCUT2D eigenvalue weighted by Crippen LogP contribution is 2.52. The number of anilines is 1. The van der Waals surface area contributed by atoms with Crippen LogP contribution in [-0.4, -0.2) is 51.8 Å². The Labute approximate surface area is 282 Å². The molecule has 2 saturated heterocycles. The molecule has 0 bridgehead atoms. The van der Waals surface area contributed by atoms with Crippen molar-refractivity contribution in [1.82, 2.24) is 10.2 Å². The second kappa shape index (κ2) is 13.0. The maximum atomic E-state index is 16.1. The number of halogens is 3. The highest BCUT2D eigenvalue weighted by Gasteiger charge is 2.63. The van der Waals surface area contributed by atoms with Crippen molar-refractivity contribution in [3.05, 3.63) is 129 Å². The molecular formula is C36H33Cl2FN4O4. The SMILES string of the molecule is CCOc1cccc(CN2C3C/C(=C4\C=CC(C(=O)O)=CC4=N)N[C@H]3[C@H](c3cccc(Cl)c3F)[C@]2(C)C(=O)Nc2cccc(Cl)c2)c1. The summed E-state index contributed by atoms with van der Waals surface area (Å²) in [6, 6.07) is 18.5. The van der Waals surface area contributed by atoms with Gasteiger partial charge in [0.15, 0.2) is 0 Å². The maximum absolute atomic E-state index is 16.1. The molecule has 242 valence electrons. The summed E-state index contributed by atoms with van der Waals surface area (Å²) < 4.78 is 21.8. The van der Waals surface area contributed by atoms with Crippen LogP contribution in [0.25, 0.3) is 0 Å².